The van der Waals surface area contributed by atoms with Gasteiger partial charge in [0.2, 0.25) is 0 Å². The Labute approximate surface area is 83.4 Å². The molecular formula is C10H16N2O2. The van der Waals surface area contributed by atoms with Crippen LogP contribution in [0.2, 0.25) is 0 Å². The highest BCUT2D eigenvalue weighted by atomic mass is 16.5. The van der Waals surface area contributed by atoms with Crippen LogP contribution in [0.15, 0.2) is 16.5 Å². The number of nitrogens with one attached hydrogen (secondary N) is 1. The predicted molar refractivity (Wildman–Crippen MR) is 53.0 cm³/mol. The van der Waals surface area contributed by atoms with Gasteiger partial charge in [-0.15, -0.1) is 0 Å². The Morgan fingerprint density at radius 2 is 2.43 bits per heavy atom. The molecule has 1 aliphatic rings. The molecular weight excluding hydrogens is 180 g/mol. The Morgan fingerprint density at radius 1 is 1.57 bits per heavy atom. The normalized spacial score (nSPS) is 24.9. The van der Waals surface area contributed by atoms with Crippen LogP contribution >= 0.6 is 0 Å². The molecule has 1 aliphatic heterocycles. The minimum absolute atomic E-state index is 0.121. The van der Waals surface area contributed by atoms with Crippen molar-refractivity contribution in [1.29, 1.82) is 0 Å². The maximum Gasteiger partial charge on any atom is 0.122 e. The summed E-state index contributed by atoms with van der Waals surface area (Å²) in [6, 6.07) is 3.90. The molecule has 4 nitrogen and oxygen atoms in total. The summed E-state index contributed by atoms with van der Waals surface area (Å²) in [5.74, 6) is 1.72. The number of rotatable bonds is 2. The van der Waals surface area contributed by atoms with Gasteiger partial charge in [0.05, 0.1) is 25.3 Å². The molecule has 0 radical (unpaired) electrons. The molecule has 14 heavy (non-hydrogen) atoms. The second-order valence-corrected chi connectivity index (χ2v) is 3.61. The van der Waals surface area contributed by atoms with E-state index < -0.39 is 0 Å². The molecule has 0 spiro atoms. The van der Waals surface area contributed by atoms with E-state index in [0.29, 0.717) is 6.61 Å². The van der Waals surface area contributed by atoms with Crippen molar-refractivity contribution in [2.75, 3.05) is 19.8 Å². The summed E-state index contributed by atoms with van der Waals surface area (Å²) in [4.78, 5) is 0. The molecule has 0 amide bonds. The van der Waals surface area contributed by atoms with Gasteiger partial charge in [-0.3, -0.25) is 0 Å². The van der Waals surface area contributed by atoms with E-state index in [1.54, 1.807) is 0 Å². The molecule has 1 aromatic heterocycles. The molecule has 0 saturated carbocycles. The van der Waals surface area contributed by atoms with Crippen LogP contribution in [-0.4, -0.2) is 25.8 Å². The summed E-state index contributed by atoms with van der Waals surface area (Å²) < 4.78 is 10.8. The van der Waals surface area contributed by atoms with E-state index in [0.717, 1.165) is 24.7 Å². The number of aryl methyl sites for hydroxylation is 1. The van der Waals surface area contributed by atoms with Crippen LogP contribution < -0.4 is 11.1 Å². The van der Waals surface area contributed by atoms with Crippen molar-refractivity contribution in [1.82, 2.24) is 5.32 Å². The van der Waals surface area contributed by atoms with E-state index in [4.69, 9.17) is 14.9 Å². The second kappa shape index (κ2) is 4.13. The lowest BCUT2D eigenvalue weighted by molar-refractivity contribution is 0.0658. The Hall–Kier alpha value is -0.840. The van der Waals surface area contributed by atoms with Gasteiger partial charge in [-0.05, 0) is 19.1 Å². The van der Waals surface area contributed by atoms with Crippen LogP contribution in [0.1, 0.15) is 17.6 Å². The zero-order chi connectivity index (χ0) is 9.97. The van der Waals surface area contributed by atoms with E-state index in [1.165, 1.54) is 0 Å². The average Bonchev–Trinajstić information content (AvgIpc) is 2.65. The summed E-state index contributed by atoms with van der Waals surface area (Å²) >= 11 is 0. The first kappa shape index (κ1) is 9.71. The van der Waals surface area contributed by atoms with E-state index >= 15 is 0 Å². The topological polar surface area (TPSA) is 60.4 Å². The van der Waals surface area contributed by atoms with Crippen LogP contribution in [0.4, 0.5) is 0 Å². The largest absolute Gasteiger partial charge is 0.465 e. The number of hydrogen-bond donors (Lipinski definition) is 2. The van der Waals surface area contributed by atoms with Crippen molar-refractivity contribution in [3.63, 3.8) is 0 Å². The van der Waals surface area contributed by atoms with E-state index in [9.17, 15) is 0 Å². The van der Waals surface area contributed by atoms with Crippen LogP contribution in [0.3, 0.4) is 0 Å². The van der Waals surface area contributed by atoms with Gasteiger partial charge >= 0.3 is 0 Å². The first-order chi connectivity index (χ1) is 6.77. The third-order valence-electron chi connectivity index (χ3n) is 2.47. The number of morpholine rings is 1. The van der Waals surface area contributed by atoms with Crippen molar-refractivity contribution < 1.29 is 9.15 Å². The molecule has 0 bridgehead atoms. The molecule has 2 atom stereocenters. The van der Waals surface area contributed by atoms with Gasteiger partial charge in [0.25, 0.3) is 0 Å². The average molecular weight is 196 g/mol. The summed E-state index contributed by atoms with van der Waals surface area (Å²) in [6.45, 7) is 4.19. The summed E-state index contributed by atoms with van der Waals surface area (Å²) in [5.41, 5.74) is 6.05. The van der Waals surface area contributed by atoms with Gasteiger partial charge < -0.3 is 20.2 Å². The third kappa shape index (κ3) is 1.97. The van der Waals surface area contributed by atoms with E-state index in [2.05, 4.69) is 5.32 Å². The lowest BCUT2D eigenvalue weighted by Gasteiger charge is -2.27. The minimum atomic E-state index is -0.121. The molecule has 2 rings (SSSR count). The van der Waals surface area contributed by atoms with Gasteiger partial charge in [-0.1, -0.05) is 0 Å². The Kier molecular flexibility index (Phi) is 2.86. The number of hydrogen-bond acceptors (Lipinski definition) is 4. The molecule has 78 valence electrons. The Bertz CT molecular complexity index is 292. The quantitative estimate of drug-likeness (QED) is 0.726. The van der Waals surface area contributed by atoms with Gasteiger partial charge in [-0.25, -0.2) is 0 Å². The van der Waals surface area contributed by atoms with E-state index in [1.807, 2.05) is 19.1 Å². The molecule has 2 heterocycles. The maximum absolute atomic E-state index is 6.05. The Morgan fingerprint density at radius 3 is 3.00 bits per heavy atom. The molecule has 1 aromatic rings. The summed E-state index contributed by atoms with van der Waals surface area (Å²) in [7, 11) is 0. The van der Waals surface area contributed by atoms with Crippen LogP contribution in [-0.2, 0) is 4.74 Å². The highest BCUT2D eigenvalue weighted by Crippen LogP contribution is 2.18. The standard InChI is InChI=1S/C10H16N2O2/c1-7-2-3-9(14-7)10(11)8-6-13-5-4-12-8/h2-3,8,10,12H,4-6,11H2,1H3. The lowest BCUT2D eigenvalue weighted by Crippen LogP contribution is -2.47. The van der Waals surface area contributed by atoms with Crippen molar-refractivity contribution in [3.05, 3.63) is 23.7 Å². The summed E-state index contributed by atoms with van der Waals surface area (Å²) in [6.07, 6.45) is 0. The predicted octanol–water partition coefficient (Wildman–Crippen LogP) is 0.576. The summed E-state index contributed by atoms with van der Waals surface area (Å²) in [5, 5.41) is 3.32. The number of nitrogens with two attached hydrogens (primary N) is 1. The third-order valence-corrected chi connectivity index (χ3v) is 2.47. The highest BCUT2D eigenvalue weighted by Gasteiger charge is 2.23. The number of ether oxygens (including phenoxy) is 1. The molecule has 1 saturated heterocycles. The minimum Gasteiger partial charge on any atom is -0.465 e. The maximum atomic E-state index is 6.05. The van der Waals surface area contributed by atoms with Crippen molar-refractivity contribution in [3.8, 4) is 0 Å². The van der Waals surface area contributed by atoms with Gasteiger partial charge in [0, 0.05) is 6.54 Å². The van der Waals surface area contributed by atoms with Crippen molar-refractivity contribution in [2.45, 2.75) is 19.0 Å². The fourth-order valence-electron chi connectivity index (χ4n) is 1.65. The van der Waals surface area contributed by atoms with Crippen molar-refractivity contribution in [2.24, 2.45) is 5.73 Å². The zero-order valence-corrected chi connectivity index (χ0v) is 8.32. The number of furan rings is 1. The van der Waals surface area contributed by atoms with Gasteiger partial charge in [0.15, 0.2) is 0 Å². The smallest absolute Gasteiger partial charge is 0.122 e. The molecule has 0 aromatic carbocycles. The fourth-order valence-corrected chi connectivity index (χ4v) is 1.65. The van der Waals surface area contributed by atoms with Crippen LogP contribution in [0.25, 0.3) is 0 Å². The van der Waals surface area contributed by atoms with Gasteiger partial charge in [0.1, 0.15) is 11.5 Å². The Balaban J connectivity index is 2.03. The first-order valence-corrected chi connectivity index (χ1v) is 4.90. The fraction of sp³-hybridized carbons (Fsp3) is 0.600. The van der Waals surface area contributed by atoms with Gasteiger partial charge in [-0.2, -0.15) is 0 Å². The zero-order valence-electron chi connectivity index (χ0n) is 8.32. The van der Waals surface area contributed by atoms with Crippen LogP contribution in [0.5, 0.6) is 0 Å². The monoisotopic (exact) mass is 196 g/mol. The molecule has 3 N–H and O–H groups in total. The first-order valence-electron chi connectivity index (χ1n) is 4.90. The van der Waals surface area contributed by atoms with Crippen LogP contribution in [0, 0.1) is 6.92 Å². The molecule has 2 unspecified atom stereocenters. The van der Waals surface area contributed by atoms with E-state index in [-0.39, 0.29) is 12.1 Å². The lowest BCUT2D eigenvalue weighted by atomic mass is 10.1. The molecule has 4 heteroatoms. The SMILES string of the molecule is Cc1ccc(C(N)C2COCCN2)o1. The molecule has 0 aliphatic carbocycles. The van der Waals surface area contributed by atoms with Crippen molar-refractivity contribution >= 4 is 0 Å². The second-order valence-electron chi connectivity index (χ2n) is 3.61. The highest BCUT2D eigenvalue weighted by molar-refractivity contribution is 5.11. The molecule has 1 fully saturated rings.